The van der Waals surface area contributed by atoms with Crippen LogP contribution in [-0.4, -0.2) is 7.11 Å². The molecule has 0 radical (unpaired) electrons. The van der Waals surface area contributed by atoms with Crippen LogP contribution in [0.5, 0.6) is 0 Å². The fourth-order valence-electron chi connectivity index (χ4n) is 1.16. The maximum absolute atomic E-state index is 5.21. The maximum Gasteiger partial charge on any atom is 0.0793 e. The lowest BCUT2D eigenvalue weighted by atomic mass is 10.1. The zero-order valence-corrected chi connectivity index (χ0v) is 8.00. The van der Waals surface area contributed by atoms with Crippen LogP contribution in [0.25, 0.3) is 0 Å². The molecule has 0 fully saturated rings. The summed E-state index contributed by atoms with van der Waals surface area (Å²) < 4.78 is 5.21. The SMILES string of the molecule is CCc1ccc(C(C)OC)cc1. The number of hydrogen-bond donors (Lipinski definition) is 0. The predicted molar refractivity (Wildman–Crippen MR) is 51.2 cm³/mol. The van der Waals surface area contributed by atoms with Gasteiger partial charge in [-0.05, 0) is 24.5 Å². The van der Waals surface area contributed by atoms with Gasteiger partial charge in [0, 0.05) is 7.11 Å². The van der Waals surface area contributed by atoms with Crippen molar-refractivity contribution >= 4 is 0 Å². The lowest BCUT2D eigenvalue weighted by molar-refractivity contribution is 0.119. The number of hydrogen-bond acceptors (Lipinski definition) is 1. The Morgan fingerprint density at radius 1 is 1.25 bits per heavy atom. The molecule has 1 aromatic carbocycles. The molecular weight excluding hydrogens is 148 g/mol. The van der Waals surface area contributed by atoms with E-state index in [9.17, 15) is 0 Å². The summed E-state index contributed by atoms with van der Waals surface area (Å²) in [6.45, 7) is 4.22. The van der Waals surface area contributed by atoms with Gasteiger partial charge in [-0.2, -0.15) is 0 Å². The first-order valence-corrected chi connectivity index (χ1v) is 4.39. The quantitative estimate of drug-likeness (QED) is 0.667. The molecule has 1 aromatic rings. The van der Waals surface area contributed by atoms with E-state index in [1.165, 1.54) is 11.1 Å². The molecule has 0 aliphatic rings. The van der Waals surface area contributed by atoms with Gasteiger partial charge in [0.25, 0.3) is 0 Å². The smallest absolute Gasteiger partial charge is 0.0793 e. The minimum absolute atomic E-state index is 0.205. The summed E-state index contributed by atoms with van der Waals surface area (Å²) in [4.78, 5) is 0. The molecule has 12 heavy (non-hydrogen) atoms. The number of methoxy groups -OCH3 is 1. The minimum atomic E-state index is 0.205. The molecule has 0 saturated carbocycles. The second kappa shape index (κ2) is 4.27. The zero-order valence-electron chi connectivity index (χ0n) is 8.00. The molecule has 0 amide bonds. The second-order valence-electron chi connectivity index (χ2n) is 2.97. The fraction of sp³-hybridized carbons (Fsp3) is 0.455. The Labute approximate surface area is 74.4 Å². The van der Waals surface area contributed by atoms with Crippen LogP contribution in [0.2, 0.25) is 0 Å². The lowest BCUT2D eigenvalue weighted by Gasteiger charge is -2.09. The largest absolute Gasteiger partial charge is 0.377 e. The van der Waals surface area contributed by atoms with Crippen molar-refractivity contribution < 1.29 is 4.74 Å². The monoisotopic (exact) mass is 164 g/mol. The van der Waals surface area contributed by atoms with Crippen LogP contribution in [0.4, 0.5) is 0 Å². The lowest BCUT2D eigenvalue weighted by Crippen LogP contribution is -1.95. The summed E-state index contributed by atoms with van der Waals surface area (Å²) in [6, 6.07) is 8.58. The standard InChI is InChI=1S/C11H16O/c1-4-10-5-7-11(8-6-10)9(2)12-3/h5-9H,4H2,1-3H3. The number of benzene rings is 1. The molecule has 1 rings (SSSR count). The summed E-state index contributed by atoms with van der Waals surface area (Å²) in [5.74, 6) is 0. The average molecular weight is 164 g/mol. The Morgan fingerprint density at radius 2 is 1.83 bits per heavy atom. The van der Waals surface area contributed by atoms with E-state index in [0.29, 0.717) is 0 Å². The molecule has 66 valence electrons. The highest BCUT2D eigenvalue weighted by Gasteiger charge is 2.01. The molecule has 0 N–H and O–H groups in total. The van der Waals surface area contributed by atoms with Crippen LogP contribution in [-0.2, 0) is 11.2 Å². The van der Waals surface area contributed by atoms with Gasteiger partial charge in [-0.15, -0.1) is 0 Å². The Balaban J connectivity index is 2.77. The van der Waals surface area contributed by atoms with Crippen LogP contribution >= 0.6 is 0 Å². The van der Waals surface area contributed by atoms with Gasteiger partial charge in [0.1, 0.15) is 0 Å². The van der Waals surface area contributed by atoms with Crippen molar-refractivity contribution in [2.45, 2.75) is 26.4 Å². The van der Waals surface area contributed by atoms with E-state index in [1.807, 2.05) is 0 Å². The van der Waals surface area contributed by atoms with E-state index >= 15 is 0 Å². The number of aryl methyl sites for hydroxylation is 1. The van der Waals surface area contributed by atoms with Gasteiger partial charge in [-0.1, -0.05) is 31.2 Å². The van der Waals surface area contributed by atoms with Gasteiger partial charge in [0.15, 0.2) is 0 Å². The average Bonchev–Trinajstić information content (AvgIpc) is 2.17. The molecule has 1 atom stereocenters. The normalized spacial score (nSPS) is 12.9. The van der Waals surface area contributed by atoms with Gasteiger partial charge in [-0.3, -0.25) is 0 Å². The highest BCUT2D eigenvalue weighted by atomic mass is 16.5. The van der Waals surface area contributed by atoms with Crippen molar-refractivity contribution in [1.82, 2.24) is 0 Å². The van der Waals surface area contributed by atoms with Gasteiger partial charge in [0.05, 0.1) is 6.10 Å². The first-order chi connectivity index (χ1) is 5.77. The first kappa shape index (κ1) is 9.27. The summed E-state index contributed by atoms with van der Waals surface area (Å²) in [7, 11) is 1.73. The van der Waals surface area contributed by atoms with Gasteiger partial charge < -0.3 is 4.74 Å². The molecule has 0 spiro atoms. The molecule has 0 aromatic heterocycles. The summed E-state index contributed by atoms with van der Waals surface area (Å²) in [5, 5.41) is 0. The third-order valence-corrected chi connectivity index (χ3v) is 2.21. The summed E-state index contributed by atoms with van der Waals surface area (Å²) >= 11 is 0. The van der Waals surface area contributed by atoms with E-state index < -0.39 is 0 Å². The van der Waals surface area contributed by atoms with Crippen molar-refractivity contribution in [3.05, 3.63) is 35.4 Å². The van der Waals surface area contributed by atoms with Gasteiger partial charge >= 0.3 is 0 Å². The van der Waals surface area contributed by atoms with Crippen LogP contribution in [0.15, 0.2) is 24.3 Å². The summed E-state index contributed by atoms with van der Waals surface area (Å²) in [6.07, 6.45) is 1.30. The number of rotatable bonds is 3. The molecular formula is C11H16O. The Bertz CT molecular complexity index is 225. The zero-order chi connectivity index (χ0) is 8.97. The third kappa shape index (κ3) is 2.08. The molecule has 0 aliphatic heterocycles. The fourth-order valence-corrected chi connectivity index (χ4v) is 1.16. The Hall–Kier alpha value is -0.820. The van der Waals surface area contributed by atoms with E-state index in [4.69, 9.17) is 4.74 Å². The Kier molecular flexibility index (Phi) is 3.30. The Morgan fingerprint density at radius 3 is 2.25 bits per heavy atom. The van der Waals surface area contributed by atoms with E-state index in [0.717, 1.165) is 6.42 Å². The molecule has 1 heteroatoms. The highest BCUT2D eigenvalue weighted by Crippen LogP contribution is 2.15. The predicted octanol–water partition coefficient (Wildman–Crippen LogP) is 2.96. The minimum Gasteiger partial charge on any atom is -0.377 e. The highest BCUT2D eigenvalue weighted by molar-refractivity contribution is 5.23. The van der Waals surface area contributed by atoms with Crippen LogP contribution < -0.4 is 0 Å². The molecule has 0 heterocycles. The van der Waals surface area contributed by atoms with Gasteiger partial charge in [0.2, 0.25) is 0 Å². The van der Waals surface area contributed by atoms with Crippen molar-refractivity contribution in [2.24, 2.45) is 0 Å². The first-order valence-electron chi connectivity index (χ1n) is 4.39. The van der Waals surface area contributed by atoms with Crippen LogP contribution in [0.3, 0.4) is 0 Å². The van der Waals surface area contributed by atoms with Crippen LogP contribution in [0, 0.1) is 0 Å². The van der Waals surface area contributed by atoms with Crippen molar-refractivity contribution in [3.8, 4) is 0 Å². The third-order valence-electron chi connectivity index (χ3n) is 2.21. The topological polar surface area (TPSA) is 9.23 Å². The van der Waals surface area contributed by atoms with Crippen molar-refractivity contribution in [2.75, 3.05) is 7.11 Å². The van der Waals surface area contributed by atoms with E-state index in [1.54, 1.807) is 7.11 Å². The summed E-state index contributed by atoms with van der Waals surface area (Å²) in [5.41, 5.74) is 2.62. The molecule has 0 bridgehead atoms. The second-order valence-corrected chi connectivity index (χ2v) is 2.97. The van der Waals surface area contributed by atoms with E-state index in [-0.39, 0.29) is 6.10 Å². The van der Waals surface area contributed by atoms with Crippen molar-refractivity contribution in [3.63, 3.8) is 0 Å². The molecule has 0 saturated heterocycles. The van der Waals surface area contributed by atoms with Crippen molar-refractivity contribution in [1.29, 1.82) is 0 Å². The maximum atomic E-state index is 5.21. The van der Waals surface area contributed by atoms with E-state index in [2.05, 4.69) is 38.1 Å². The van der Waals surface area contributed by atoms with Gasteiger partial charge in [-0.25, -0.2) is 0 Å². The molecule has 1 unspecified atom stereocenters. The molecule has 1 nitrogen and oxygen atoms in total. The number of ether oxygens (including phenoxy) is 1. The van der Waals surface area contributed by atoms with Crippen LogP contribution in [0.1, 0.15) is 31.1 Å². The molecule has 0 aliphatic carbocycles.